The van der Waals surface area contributed by atoms with Gasteiger partial charge in [0.1, 0.15) is 22.9 Å². The van der Waals surface area contributed by atoms with E-state index in [4.69, 9.17) is 28.2 Å². The molecule has 0 unspecified atom stereocenters. The first kappa shape index (κ1) is 15.8. The minimum Gasteiger partial charge on any atom is -0.508 e. The monoisotopic (exact) mass is 369 g/mol. The highest BCUT2D eigenvalue weighted by molar-refractivity contribution is 6.31. The first-order chi connectivity index (χ1) is 12.1. The summed E-state index contributed by atoms with van der Waals surface area (Å²) in [7, 11) is 0. The Morgan fingerprint density at radius 1 is 0.920 bits per heavy atom. The van der Waals surface area contributed by atoms with Gasteiger partial charge in [0.05, 0.1) is 5.02 Å². The third kappa shape index (κ3) is 3.14. The number of hydrogen-bond acceptors (Lipinski definition) is 3. The second-order valence-corrected chi connectivity index (χ2v) is 6.44. The molecule has 2 aromatic heterocycles. The largest absolute Gasteiger partial charge is 0.508 e. The Bertz CT molecular complexity index is 1060. The van der Waals surface area contributed by atoms with Gasteiger partial charge in [-0.05, 0) is 54.6 Å². The van der Waals surface area contributed by atoms with Gasteiger partial charge >= 0.3 is 0 Å². The summed E-state index contributed by atoms with van der Waals surface area (Å²) in [6, 6.07) is 18.0. The third-order valence-corrected chi connectivity index (χ3v) is 4.27. The Kier molecular flexibility index (Phi) is 3.99. The van der Waals surface area contributed by atoms with Crippen LogP contribution in [0.2, 0.25) is 10.0 Å². The normalized spacial score (nSPS) is 11.0. The lowest BCUT2D eigenvalue weighted by Gasteiger charge is -2.09. The number of anilines is 2. The van der Waals surface area contributed by atoms with Gasteiger partial charge in [-0.15, -0.1) is 0 Å². The molecule has 6 heteroatoms. The number of pyridine rings is 1. The molecule has 0 saturated heterocycles. The molecule has 4 rings (SSSR count). The van der Waals surface area contributed by atoms with Crippen molar-refractivity contribution in [2.24, 2.45) is 0 Å². The number of imidazole rings is 1. The molecule has 2 aromatic carbocycles. The predicted molar refractivity (Wildman–Crippen MR) is 102 cm³/mol. The zero-order valence-corrected chi connectivity index (χ0v) is 14.5. The number of fused-ring (bicyclic) bond motifs is 1. The molecule has 0 aliphatic rings. The molecule has 0 amide bonds. The molecule has 0 bridgehead atoms. The average Bonchev–Trinajstić information content (AvgIpc) is 2.93. The Morgan fingerprint density at radius 3 is 2.48 bits per heavy atom. The van der Waals surface area contributed by atoms with Crippen LogP contribution in [0, 0.1) is 0 Å². The van der Waals surface area contributed by atoms with Gasteiger partial charge in [0.2, 0.25) is 0 Å². The molecule has 0 aliphatic heterocycles. The van der Waals surface area contributed by atoms with Crippen molar-refractivity contribution in [3.63, 3.8) is 0 Å². The summed E-state index contributed by atoms with van der Waals surface area (Å²) in [5, 5.41) is 14.2. The molecule has 2 N–H and O–H groups in total. The van der Waals surface area contributed by atoms with Crippen LogP contribution in [0.1, 0.15) is 0 Å². The summed E-state index contributed by atoms with van der Waals surface area (Å²) in [5.74, 6) is 0.977. The number of phenols is 1. The maximum absolute atomic E-state index is 9.54. The summed E-state index contributed by atoms with van der Waals surface area (Å²) >= 11 is 12.3. The lowest BCUT2D eigenvalue weighted by molar-refractivity contribution is 0.475. The van der Waals surface area contributed by atoms with E-state index in [1.807, 2.05) is 46.9 Å². The fraction of sp³-hybridized carbons (Fsp3) is 0. The standard InChI is InChI=1S/C19H13Cl2N3O/c20-13-2-1-3-15(10-13)22-19-18(12-4-7-16(25)8-5-12)23-17-9-6-14(21)11-24(17)19/h1-11,22,25H. The second kappa shape index (κ2) is 6.31. The zero-order valence-electron chi connectivity index (χ0n) is 12.9. The minimum absolute atomic E-state index is 0.208. The molecule has 25 heavy (non-hydrogen) atoms. The summed E-state index contributed by atoms with van der Waals surface area (Å²) in [6.07, 6.45) is 1.81. The van der Waals surface area contributed by atoms with Crippen molar-refractivity contribution in [3.8, 4) is 17.0 Å². The predicted octanol–water partition coefficient (Wildman–Crippen LogP) is 5.76. The van der Waals surface area contributed by atoms with Crippen LogP contribution >= 0.6 is 23.2 Å². The molecule has 4 nitrogen and oxygen atoms in total. The second-order valence-electron chi connectivity index (χ2n) is 5.57. The first-order valence-electron chi connectivity index (χ1n) is 7.60. The van der Waals surface area contributed by atoms with Crippen molar-refractivity contribution in [2.45, 2.75) is 0 Å². The molecule has 0 aliphatic carbocycles. The van der Waals surface area contributed by atoms with Crippen molar-refractivity contribution in [3.05, 3.63) is 76.9 Å². The van der Waals surface area contributed by atoms with E-state index in [1.54, 1.807) is 24.4 Å². The van der Waals surface area contributed by atoms with Gasteiger partial charge in [-0.3, -0.25) is 4.40 Å². The van der Waals surface area contributed by atoms with Crippen LogP contribution in [-0.2, 0) is 0 Å². The topological polar surface area (TPSA) is 49.6 Å². The summed E-state index contributed by atoms with van der Waals surface area (Å²) in [6.45, 7) is 0. The smallest absolute Gasteiger partial charge is 0.143 e. The van der Waals surface area contributed by atoms with Crippen LogP contribution in [0.3, 0.4) is 0 Å². The van der Waals surface area contributed by atoms with Gasteiger partial charge in [0, 0.05) is 22.5 Å². The zero-order chi connectivity index (χ0) is 17.4. The van der Waals surface area contributed by atoms with Crippen LogP contribution in [-0.4, -0.2) is 14.5 Å². The van der Waals surface area contributed by atoms with Crippen molar-refractivity contribution < 1.29 is 5.11 Å². The van der Waals surface area contributed by atoms with Crippen molar-refractivity contribution in [1.29, 1.82) is 0 Å². The average molecular weight is 370 g/mol. The van der Waals surface area contributed by atoms with Crippen LogP contribution in [0.5, 0.6) is 5.75 Å². The van der Waals surface area contributed by atoms with E-state index in [1.165, 1.54) is 0 Å². The number of phenolic OH excluding ortho intramolecular Hbond substituents is 1. The van der Waals surface area contributed by atoms with Crippen molar-refractivity contribution in [2.75, 3.05) is 5.32 Å². The number of aromatic nitrogens is 2. The molecule has 0 fully saturated rings. The molecule has 0 radical (unpaired) electrons. The van der Waals surface area contributed by atoms with Gasteiger partial charge in [-0.2, -0.15) is 0 Å². The Labute approximate surface area is 154 Å². The van der Waals surface area contributed by atoms with E-state index < -0.39 is 0 Å². The van der Waals surface area contributed by atoms with E-state index >= 15 is 0 Å². The highest BCUT2D eigenvalue weighted by atomic mass is 35.5. The molecule has 0 spiro atoms. The first-order valence-corrected chi connectivity index (χ1v) is 8.35. The van der Waals surface area contributed by atoms with Crippen molar-refractivity contribution >= 4 is 40.4 Å². The number of nitrogens with zero attached hydrogens (tertiary/aromatic N) is 2. The third-order valence-electron chi connectivity index (χ3n) is 3.81. The number of benzene rings is 2. The Morgan fingerprint density at radius 2 is 1.72 bits per heavy atom. The van der Waals surface area contributed by atoms with Gasteiger partial charge < -0.3 is 10.4 Å². The Hall–Kier alpha value is -2.69. The molecule has 4 aromatic rings. The SMILES string of the molecule is Oc1ccc(-c2nc3ccc(Cl)cn3c2Nc2cccc(Cl)c2)cc1. The molecule has 0 atom stereocenters. The van der Waals surface area contributed by atoms with Crippen LogP contribution < -0.4 is 5.32 Å². The van der Waals surface area contributed by atoms with Gasteiger partial charge in [0.15, 0.2) is 0 Å². The van der Waals surface area contributed by atoms with Crippen molar-refractivity contribution in [1.82, 2.24) is 9.38 Å². The maximum atomic E-state index is 9.54. The number of rotatable bonds is 3. The van der Waals surface area contributed by atoms with Gasteiger partial charge in [-0.25, -0.2) is 4.98 Å². The fourth-order valence-electron chi connectivity index (χ4n) is 2.66. The van der Waals surface area contributed by atoms with E-state index in [0.29, 0.717) is 10.0 Å². The number of hydrogen-bond donors (Lipinski definition) is 2. The quantitative estimate of drug-likeness (QED) is 0.482. The fourth-order valence-corrected chi connectivity index (χ4v) is 3.01. The van der Waals surface area contributed by atoms with Crippen LogP contribution in [0.15, 0.2) is 66.9 Å². The van der Waals surface area contributed by atoms with E-state index in [-0.39, 0.29) is 5.75 Å². The van der Waals surface area contributed by atoms with Crippen LogP contribution in [0.4, 0.5) is 11.5 Å². The van der Waals surface area contributed by atoms with Crippen LogP contribution in [0.25, 0.3) is 16.9 Å². The maximum Gasteiger partial charge on any atom is 0.143 e. The van der Waals surface area contributed by atoms with E-state index in [0.717, 1.165) is 28.4 Å². The Balaban J connectivity index is 1.91. The molecule has 0 saturated carbocycles. The highest BCUT2D eigenvalue weighted by Gasteiger charge is 2.15. The summed E-state index contributed by atoms with van der Waals surface area (Å²) < 4.78 is 1.89. The lowest BCUT2D eigenvalue weighted by Crippen LogP contribution is -1.97. The minimum atomic E-state index is 0.208. The van der Waals surface area contributed by atoms with E-state index in [9.17, 15) is 5.11 Å². The molecule has 124 valence electrons. The van der Waals surface area contributed by atoms with Gasteiger partial charge in [0.25, 0.3) is 0 Å². The summed E-state index contributed by atoms with van der Waals surface area (Å²) in [4.78, 5) is 4.70. The molecule has 2 heterocycles. The number of aromatic hydroxyl groups is 1. The van der Waals surface area contributed by atoms with Gasteiger partial charge in [-0.1, -0.05) is 29.3 Å². The molecular formula is C19H13Cl2N3O. The molecular weight excluding hydrogens is 357 g/mol. The number of halogens is 2. The summed E-state index contributed by atoms with van der Waals surface area (Å²) in [5.41, 5.74) is 3.23. The highest BCUT2D eigenvalue weighted by Crippen LogP contribution is 2.33. The van der Waals surface area contributed by atoms with E-state index in [2.05, 4.69) is 5.32 Å². The number of nitrogens with one attached hydrogen (secondary N) is 1. The lowest BCUT2D eigenvalue weighted by atomic mass is 10.1.